The third-order valence-corrected chi connectivity index (χ3v) is 7.31. The van der Waals surface area contributed by atoms with Gasteiger partial charge in [-0.25, -0.2) is 0 Å². The van der Waals surface area contributed by atoms with Crippen LogP contribution in [0.25, 0.3) is 0 Å². The van der Waals surface area contributed by atoms with Crippen molar-refractivity contribution in [2.45, 2.75) is 88.9 Å². The SMILES string of the molecule is CN(CCCCO[N+](=O)[O-])C(=O)CCC/C=C\C[C@@H]1[C@@H](CC[C@@H](O)CCc2ccccc2)[C@H](O)C[C@@H]1O. The summed E-state index contributed by atoms with van der Waals surface area (Å²) < 4.78 is 0. The molecule has 1 aliphatic rings. The van der Waals surface area contributed by atoms with Gasteiger partial charge >= 0.3 is 0 Å². The average molecular weight is 521 g/mol. The number of hydrogen-bond donors (Lipinski definition) is 3. The normalized spacial score (nSPS) is 22.3. The maximum absolute atomic E-state index is 12.2. The topological polar surface area (TPSA) is 133 Å². The second-order valence-electron chi connectivity index (χ2n) is 10.1. The van der Waals surface area contributed by atoms with E-state index in [9.17, 15) is 30.2 Å². The van der Waals surface area contributed by atoms with Crippen LogP contribution in [0.3, 0.4) is 0 Å². The van der Waals surface area contributed by atoms with Gasteiger partial charge in [0.15, 0.2) is 0 Å². The summed E-state index contributed by atoms with van der Waals surface area (Å²) >= 11 is 0. The minimum absolute atomic E-state index is 0.0281. The lowest BCUT2D eigenvalue weighted by molar-refractivity contribution is -0.757. The number of aliphatic hydroxyl groups is 3. The first-order valence-corrected chi connectivity index (χ1v) is 13.5. The molecular weight excluding hydrogens is 476 g/mol. The van der Waals surface area contributed by atoms with Crippen molar-refractivity contribution in [3.05, 3.63) is 58.2 Å². The Labute approximate surface area is 220 Å². The first-order valence-electron chi connectivity index (χ1n) is 13.5. The highest BCUT2D eigenvalue weighted by Gasteiger charge is 2.40. The quantitative estimate of drug-likeness (QED) is 0.116. The van der Waals surface area contributed by atoms with Crippen LogP contribution < -0.4 is 0 Å². The Morgan fingerprint density at radius 3 is 2.59 bits per heavy atom. The van der Waals surface area contributed by atoms with E-state index in [1.807, 2.05) is 30.4 Å². The molecule has 1 aromatic carbocycles. The standard InChI is InChI=1S/C28H44N2O7/c1-29(19-9-10-20-37-30(35)36)28(34)14-8-3-2-7-13-24-25(27(33)21-26(24)32)18-17-23(31)16-15-22-11-5-4-6-12-22/h2,4-7,11-12,23-27,31-33H,3,8-10,13-21H2,1H3/b7-2-/t23-,24+,25+,26-,27+/m0/s1. The van der Waals surface area contributed by atoms with Gasteiger partial charge < -0.3 is 25.1 Å². The average Bonchev–Trinajstić information content (AvgIpc) is 3.15. The summed E-state index contributed by atoms with van der Waals surface area (Å²) in [5.74, 6) is -0.0135. The first-order chi connectivity index (χ1) is 17.8. The van der Waals surface area contributed by atoms with E-state index >= 15 is 0 Å². The number of aliphatic hydroxyl groups excluding tert-OH is 3. The van der Waals surface area contributed by atoms with E-state index in [1.54, 1.807) is 11.9 Å². The zero-order chi connectivity index (χ0) is 27.0. The van der Waals surface area contributed by atoms with E-state index in [-0.39, 0.29) is 24.3 Å². The summed E-state index contributed by atoms with van der Waals surface area (Å²) in [6, 6.07) is 10.1. The maximum atomic E-state index is 12.2. The summed E-state index contributed by atoms with van der Waals surface area (Å²) in [4.78, 5) is 28.2. The lowest BCUT2D eigenvalue weighted by Gasteiger charge is -2.23. The summed E-state index contributed by atoms with van der Waals surface area (Å²) in [6.45, 7) is 0.586. The number of amides is 1. The molecule has 1 fully saturated rings. The van der Waals surface area contributed by atoms with E-state index in [0.717, 1.165) is 19.3 Å². The number of aryl methyl sites for hydroxylation is 1. The van der Waals surface area contributed by atoms with Crippen LogP contribution in [0.4, 0.5) is 0 Å². The molecule has 0 unspecified atom stereocenters. The summed E-state index contributed by atoms with van der Waals surface area (Å²) in [5, 5.41) is 40.7. The molecule has 0 radical (unpaired) electrons. The van der Waals surface area contributed by atoms with Crippen molar-refractivity contribution in [3.63, 3.8) is 0 Å². The monoisotopic (exact) mass is 520 g/mol. The van der Waals surface area contributed by atoms with Gasteiger partial charge in [0.2, 0.25) is 5.91 Å². The summed E-state index contributed by atoms with van der Waals surface area (Å²) in [5.41, 5.74) is 1.20. The van der Waals surface area contributed by atoms with Crippen LogP contribution in [-0.4, -0.2) is 69.7 Å². The Morgan fingerprint density at radius 1 is 1.14 bits per heavy atom. The molecule has 208 valence electrons. The third-order valence-electron chi connectivity index (χ3n) is 7.31. The van der Waals surface area contributed by atoms with E-state index in [2.05, 4.69) is 17.0 Å². The fourth-order valence-electron chi connectivity index (χ4n) is 5.06. The van der Waals surface area contributed by atoms with Gasteiger partial charge in [0, 0.05) is 20.0 Å². The third kappa shape index (κ3) is 12.1. The number of unbranched alkanes of at least 4 members (excludes halogenated alkanes) is 2. The molecule has 1 saturated carbocycles. The molecule has 0 aromatic heterocycles. The van der Waals surface area contributed by atoms with Crippen molar-refractivity contribution in [1.82, 2.24) is 4.90 Å². The zero-order valence-electron chi connectivity index (χ0n) is 22.0. The van der Waals surface area contributed by atoms with Crippen molar-refractivity contribution >= 4 is 5.91 Å². The van der Waals surface area contributed by atoms with E-state index in [0.29, 0.717) is 57.9 Å². The van der Waals surface area contributed by atoms with Gasteiger partial charge in [0.1, 0.15) is 0 Å². The summed E-state index contributed by atoms with van der Waals surface area (Å²) in [7, 11) is 1.73. The van der Waals surface area contributed by atoms with Crippen LogP contribution >= 0.6 is 0 Å². The van der Waals surface area contributed by atoms with Crippen LogP contribution in [0.15, 0.2) is 42.5 Å². The predicted octanol–water partition coefficient (Wildman–Crippen LogP) is 3.68. The molecule has 0 bridgehead atoms. The molecule has 0 saturated heterocycles. The van der Waals surface area contributed by atoms with Crippen molar-refractivity contribution < 1.29 is 30.0 Å². The molecule has 1 aromatic rings. The molecule has 2 rings (SSSR count). The lowest BCUT2D eigenvalue weighted by atomic mass is 9.85. The molecule has 0 heterocycles. The fourth-order valence-corrected chi connectivity index (χ4v) is 5.06. The Kier molecular flexibility index (Phi) is 14.2. The molecule has 9 nitrogen and oxygen atoms in total. The molecule has 1 aliphatic carbocycles. The number of nitrogens with zero attached hydrogens (tertiary/aromatic N) is 2. The molecule has 0 aliphatic heterocycles. The largest absolute Gasteiger partial charge is 0.393 e. The lowest BCUT2D eigenvalue weighted by Crippen LogP contribution is -2.27. The van der Waals surface area contributed by atoms with Gasteiger partial charge in [-0.05, 0) is 81.6 Å². The smallest absolute Gasteiger partial charge is 0.294 e. The van der Waals surface area contributed by atoms with Crippen molar-refractivity contribution in [1.29, 1.82) is 0 Å². The number of benzene rings is 1. The number of rotatable bonds is 18. The van der Waals surface area contributed by atoms with Crippen LogP contribution in [-0.2, 0) is 16.1 Å². The fraction of sp³-hybridized carbons (Fsp3) is 0.679. The Hall–Kier alpha value is -2.49. The molecule has 0 spiro atoms. The Morgan fingerprint density at radius 2 is 1.86 bits per heavy atom. The molecule has 9 heteroatoms. The van der Waals surface area contributed by atoms with Crippen LogP contribution in [0, 0.1) is 22.0 Å². The highest BCUT2D eigenvalue weighted by atomic mass is 16.9. The van der Waals surface area contributed by atoms with Gasteiger partial charge in [0.05, 0.1) is 24.9 Å². The van der Waals surface area contributed by atoms with Gasteiger partial charge in [-0.3, -0.25) is 4.79 Å². The minimum atomic E-state index is -0.809. The van der Waals surface area contributed by atoms with E-state index in [1.165, 1.54) is 5.56 Å². The molecule has 37 heavy (non-hydrogen) atoms. The number of carbonyl (C=O) groups excluding carboxylic acids is 1. The molecular formula is C28H44N2O7. The second-order valence-corrected chi connectivity index (χ2v) is 10.1. The van der Waals surface area contributed by atoms with Gasteiger partial charge in [0.25, 0.3) is 5.09 Å². The Balaban J connectivity index is 1.63. The zero-order valence-corrected chi connectivity index (χ0v) is 22.0. The molecule has 1 amide bonds. The highest BCUT2D eigenvalue weighted by molar-refractivity contribution is 5.75. The van der Waals surface area contributed by atoms with Crippen LogP contribution in [0.1, 0.15) is 69.8 Å². The van der Waals surface area contributed by atoms with Gasteiger partial charge in [-0.15, -0.1) is 10.1 Å². The molecule has 3 N–H and O–H groups in total. The van der Waals surface area contributed by atoms with Crippen molar-refractivity contribution in [2.24, 2.45) is 11.8 Å². The van der Waals surface area contributed by atoms with Crippen molar-refractivity contribution in [3.8, 4) is 0 Å². The number of allylic oxidation sites excluding steroid dienone is 2. The predicted molar refractivity (Wildman–Crippen MR) is 141 cm³/mol. The number of hydrogen-bond acceptors (Lipinski definition) is 7. The maximum Gasteiger partial charge on any atom is 0.294 e. The first kappa shape index (κ1) is 30.7. The minimum Gasteiger partial charge on any atom is -0.393 e. The number of carbonyl (C=O) groups is 1. The van der Waals surface area contributed by atoms with Crippen LogP contribution in [0.5, 0.6) is 0 Å². The van der Waals surface area contributed by atoms with E-state index in [4.69, 9.17) is 0 Å². The molecule has 5 atom stereocenters. The Bertz CT molecular complexity index is 820. The van der Waals surface area contributed by atoms with Gasteiger partial charge in [-0.2, -0.15) is 0 Å². The van der Waals surface area contributed by atoms with E-state index < -0.39 is 23.4 Å². The second kappa shape index (κ2) is 17.1. The summed E-state index contributed by atoms with van der Waals surface area (Å²) in [6.07, 6.45) is 9.48. The highest BCUT2D eigenvalue weighted by Crippen LogP contribution is 2.38. The van der Waals surface area contributed by atoms with Gasteiger partial charge in [-0.1, -0.05) is 42.5 Å². The van der Waals surface area contributed by atoms with Crippen LogP contribution in [0.2, 0.25) is 0 Å². The van der Waals surface area contributed by atoms with Crippen molar-refractivity contribution in [2.75, 3.05) is 20.2 Å².